The maximum Gasteiger partial charge on any atom is 0.0681 e. The average molecular weight is 235 g/mol. The van der Waals surface area contributed by atoms with Gasteiger partial charge in [0.15, 0.2) is 0 Å². The van der Waals surface area contributed by atoms with Gasteiger partial charge in [-0.05, 0) is 37.5 Å². The lowest BCUT2D eigenvalue weighted by Crippen LogP contribution is -2.37. The number of rotatable bonds is 4. The van der Waals surface area contributed by atoms with E-state index in [2.05, 4.69) is 24.0 Å². The number of ether oxygens (including phenoxy) is 1. The molecule has 3 heteroatoms. The summed E-state index contributed by atoms with van der Waals surface area (Å²) >= 11 is 0. The largest absolute Gasteiger partial charge is 0.392 e. The molecule has 1 aliphatic rings. The minimum atomic E-state index is 0.118. The molecule has 2 rings (SSSR count). The highest BCUT2D eigenvalue weighted by Gasteiger charge is 2.19. The maximum absolute atomic E-state index is 9.00. The van der Waals surface area contributed by atoms with E-state index in [0.717, 1.165) is 38.1 Å². The lowest BCUT2D eigenvalue weighted by atomic mass is 10.1. The van der Waals surface area contributed by atoms with Gasteiger partial charge in [-0.2, -0.15) is 0 Å². The topological polar surface area (TPSA) is 32.7 Å². The van der Waals surface area contributed by atoms with Crippen molar-refractivity contribution in [2.45, 2.75) is 32.5 Å². The molecule has 0 radical (unpaired) electrons. The first kappa shape index (κ1) is 12.4. The summed E-state index contributed by atoms with van der Waals surface area (Å²) in [6.07, 6.45) is 2.65. The molecule has 1 N–H and O–H groups in total. The smallest absolute Gasteiger partial charge is 0.0681 e. The molecule has 1 saturated heterocycles. The molecular formula is C14H21NO2. The van der Waals surface area contributed by atoms with E-state index in [1.165, 1.54) is 5.69 Å². The Labute approximate surface area is 103 Å². The first-order valence-corrected chi connectivity index (χ1v) is 6.40. The molecule has 94 valence electrons. The lowest BCUT2D eigenvalue weighted by molar-refractivity contribution is 0.0459. The number of piperidine rings is 1. The lowest BCUT2D eigenvalue weighted by Gasteiger charge is -2.33. The van der Waals surface area contributed by atoms with Gasteiger partial charge in [0, 0.05) is 25.4 Å². The first-order chi connectivity index (χ1) is 8.33. The van der Waals surface area contributed by atoms with E-state index in [4.69, 9.17) is 9.84 Å². The quantitative estimate of drug-likeness (QED) is 0.868. The van der Waals surface area contributed by atoms with Crippen molar-refractivity contribution in [1.29, 1.82) is 0 Å². The van der Waals surface area contributed by atoms with E-state index in [1.54, 1.807) is 0 Å². The summed E-state index contributed by atoms with van der Waals surface area (Å²) in [4.78, 5) is 2.39. The van der Waals surface area contributed by atoms with Crippen LogP contribution in [0.1, 0.15) is 25.3 Å². The number of hydrogen-bond donors (Lipinski definition) is 1. The fourth-order valence-corrected chi connectivity index (χ4v) is 2.33. The number of aliphatic hydroxyl groups excluding tert-OH is 1. The van der Waals surface area contributed by atoms with E-state index in [1.807, 2.05) is 12.1 Å². The van der Waals surface area contributed by atoms with Crippen molar-refractivity contribution in [2.75, 3.05) is 24.6 Å². The van der Waals surface area contributed by atoms with Crippen LogP contribution in [0.4, 0.5) is 5.69 Å². The molecule has 0 amide bonds. The van der Waals surface area contributed by atoms with E-state index < -0.39 is 0 Å². The highest BCUT2D eigenvalue weighted by atomic mass is 16.5. The van der Waals surface area contributed by atoms with Gasteiger partial charge in [0.1, 0.15) is 0 Å². The molecule has 1 heterocycles. The van der Waals surface area contributed by atoms with Gasteiger partial charge in [-0.1, -0.05) is 12.1 Å². The summed E-state index contributed by atoms with van der Waals surface area (Å²) in [5.74, 6) is 0. The van der Waals surface area contributed by atoms with Gasteiger partial charge in [0.2, 0.25) is 0 Å². The molecule has 0 unspecified atom stereocenters. The predicted octanol–water partition coefficient (Wildman–Crippen LogP) is 2.18. The predicted molar refractivity (Wildman–Crippen MR) is 69.2 cm³/mol. The van der Waals surface area contributed by atoms with Gasteiger partial charge >= 0.3 is 0 Å². The molecule has 0 saturated carbocycles. The van der Waals surface area contributed by atoms with Crippen LogP contribution in [0.3, 0.4) is 0 Å². The van der Waals surface area contributed by atoms with Crippen LogP contribution >= 0.6 is 0 Å². The van der Waals surface area contributed by atoms with Crippen molar-refractivity contribution in [3.8, 4) is 0 Å². The van der Waals surface area contributed by atoms with Crippen LogP contribution in [0, 0.1) is 0 Å². The molecule has 1 aromatic rings. The molecule has 0 bridgehead atoms. The Kier molecular flexibility index (Phi) is 4.40. The Morgan fingerprint density at radius 2 is 1.88 bits per heavy atom. The van der Waals surface area contributed by atoms with Gasteiger partial charge in [-0.25, -0.2) is 0 Å². The van der Waals surface area contributed by atoms with Crippen LogP contribution in [0.5, 0.6) is 0 Å². The Morgan fingerprint density at radius 1 is 1.24 bits per heavy atom. The molecule has 17 heavy (non-hydrogen) atoms. The second-order valence-corrected chi connectivity index (χ2v) is 4.47. The molecule has 0 atom stereocenters. The summed E-state index contributed by atoms with van der Waals surface area (Å²) in [5.41, 5.74) is 2.22. The van der Waals surface area contributed by atoms with Crippen LogP contribution in [0.25, 0.3) is 0 Å². The first-order valence-electron chi connectivity index (χ1n) is 6.40. The highest BCUT2D eigenvalue weighted by Crippen LogP contribution is 2.21. The Morgan fingerprint density at radius 3 is 2.41 bits per heavy atom. The second-order valence-electron chi connectivity index (χ2n) is 4.47. The summed E-state index contributed by atoms with van der Waals surface area (Å²) in [6.45, 7) is 5.11. The summed E-state index contributed by atoms with van der Waals surface area (Å²) in [6, 6.07) is 8.16. The molecule has 0 aromatic heterocycles. The van der Waals surface area contributed by atoms with Crippen molar-refractivity contribution < 1.29 is 9.84 Å². The maximum atomic E-state index is 9.00. The third kappa shape index (κ3) is 3.20. The van der Waals surface area contributed by atoms with Gasteiger partial charge in [-0.3, -0.25) is 0 Å². The summed E-state index contributed by atoms with van der Waals surface area (Å²) in [7, 11) is 0. The Balaban J connectivity index is 1.91. The summed E-state index contributed by atoms with van der Waals surface area (Å²) < 4.78 is 5.64. The average Bonchev–Trinajstić information content (AvgIpc) is 2.40. The molecule has 1 aliphatic heterocycles. The van der Waals surface area contributed by atoms with Gasteiger partial charge in [0.05, 0.1) is 12.7 Å². The zero-order chi connectivity index (χ0) is 12.1. The van der Waals surface area contributed by atoms with Crippen LogP contribution in [-0.4, -0.2) is 30.9 Å². The minimum Gasteiger partial charge on any atom is -0.392 e. The van der Waals surface area contributed by atoms with Gasteiger partial charge < -0.3 is 14.7 Å². The van der Waals surface area contributed by atoms with Crippen LogP contribution in [0.2, 0.25) is 0 Å². The van der Waals surface area contributed by atoms with Crippen molar-refractivity contribution in [1.82, 2.24) is 0 Å². The van der Waals surface area contributed by atoms with Crippen molar-refractivity contribution in [3.05, 3.63) is 29.8 Å². The second kappa shape index (κ2) is 6.03. The van der Waals surface area contributed by atoms with Crippen LogP contribution < -0.4 is 4.90 Å². The van der Waals surface area contributed by atoms with E-state index in [0.29, 0.717) is 6.10 Å². The number of benzene rings is 1. The molecular weight excluding hydrogens is 214 g/mol. The van der Waals surface area contributed by atoms with Gasteiger partial charge in [-0.15, -0.1) is 0 Å². The van der Waals surface area contributed by atoms with Crippen molar-refractivity contribution >= 4 is 5.69 Å². The number of hydrogen-bond acceptors (Lipinski definition) is 3. The van der Waals surface area contributed by atoms with Crippen molar-refractivity contribution in [3.63, 3.8) is 0 Å². The SMILES string of the molecule is CCOC1CCN(c2ccc(CO)cc2)CC1. The standard InChI is InChI=1S/C14H21NO2/c1-2-17-14-7-9-15(10-8-14)13-5-3-12(11-16)4-6-13/h3-6,14,16H,2,7-11H2,1H3. The monoisotopic (exact) mass is 235 g/mol. The highest BCUT2D eigenvalue weighted by molar-refractivity contribution is 5.47. The van der Waals surface area contributed by atoms with Crippen molar-refractivity contribution in [2.24, 2.45) is 0 Å². The summed E-state index contributed by atoms with van der Waals surface area (Å²) in [5, 5.41) is 9.00. The molecule has 0 aliphatic carbocycles. The molecule has 0 spiro atoms. The number of anilines is 1. The molecule has 1 fully saturated rings. The Bertz CT molecular complexity index is 329. The molecule has 3 nitrogen and oxygen atoms in total. The number of nitrogens with zero attached hydrogens (tertiary/aromatic N) is 1. The van der Waals surface area contributed by atoms with E-state index >= 15 is 0 Å². The van der Waals surface area contributed by atoms with Crippen LogP contribution in [0.15, 0.2) is 24.3 Å². The normalized spacial score (nSPS) is 17.4. The third-order valence-electron chi connectivity index (χ3n) is 3.33. The van der Waals surface area contributed by atoms with Crippen LogP contribution in [-0.2, 0) is 11.3 Å². The fourth-order valence-electron chi connectivity index (χ4n) is 2.33. The minimum absolute atomic E-state index is 0.118. The number of aliphatic hydroxyl groups is 1. The Hall–Kier alpha value is -1.06. The third-order valence-corrected chi connectivity index (χ3v) is 3.33. The zero-order valence-corrected chi connectivity index (χ0v) is 10.4. The van der Waals surface area contributed by atoms with E-state index in [9.17, 15) is 0 Å². The fraction of sp³-hybridized carbons (Fsp3) is 0.571. The zero-order valence-electron chi connectivity index (χ0n) is 10.4. The molecule has 1 aromatic carbocycles. The van der Waals surface area contributed by atoms with E-state index in [-0.39, 0.29) is 6.61 Å². The van der Waals surface area contributed by atoms with Gasteiger partial charge in [0.25, 0.3) is 0 Å².